The fourth-order valence-corrected chi connectivity index (χ4v) is 4.78. The van der Waals surface area contributed by atoms with Gasteiger partial charge in [-0.05, 0) is 61.7 Å². The second-order valence-corrected chi connectivity index (χ2v) is 9.24. The predicted octanol–water partition coefficient (Wildman–Crippen LogP) is 5.17. The number of rotatable bonds is 5. The van der Waals surface area contributed by atoms with Crippen molar-refractivity contribution in [1.82, 2.24) is 15.1 Å². The van der Waals surface area contributed by atoms with Gasteiger partial charge in [0.05, 0.1) is 17.8 Å². The van der Waals surface area contributed by atoms with E-state index in [0.717, 1.165) is 23.4 Å². The molecule has 172 valence electrons. The lowest BCUT2D eigenvalue weighted by molar-refractivity contribution is 0.102. The van der Waals surface area contributed by atoms with Gasteiger partial charge >= 0.3 is 6.03 Å². The third-order valence-electron chi connectivity index (χ3n) is 5.41. The largest absolute Gasteiger partial charge is 0.497 e. The Morgan fingerprint density at radius 3 is 2.67 bits per heavy atom. The normalized spacial score (nSPS) is 15.7. The highest BCUT2D eigenvalue weighted by atomic mass is 35.5. The van der Waals surface area contributed by atoms with Gasteiger partial charge in [0.15, 0.2) is 0 Å². The number of likely N-dealkylation sites (tertiary alicyclic amines) is 1. The van der Waals surface area contributed by atoms with Gasteiger partial charge < -0.3 is 20.3 Å². The molecule has 0 aliphatic carbocycles. The Labute approximate surface area is 200 Å². The number of halogens is 1. The predicted molar refractivity (Wildman–Crippen MR) is 130 cm³/mol. The standard InChI is InChI=1S/C23H24ClN5O3S/c1-14-5-10-19(18(24)12-14)26-23(31)29-11-3-4-15(13-29)21-27-28-22(33-21)20(30)25-16-6-8-17(32-2)9-7-16/h5-10,12,15H,3-4,11,13H2,1-2H3,(H,25,30)(H,26,31). The number of anilines is 2. The summed E-state index contributed by atoms with van der Waals surface area (Å²) < 4.78 is 5.13. The molecule has 2 N–H and O–H groups in total. The fourth-order valence-electron chi connectivity index (χ4n) is 3.63. The summed E-state index contributed by atoms with van der Waals surface area (Å²) in [5.74, 6) is 0.420. The van der Waals surface area contributed by atoms with Gasteiger partial charge in [0.1, 0.15) is 10.8 Å². The molecule has 33 heavy (non-hydrogen) atoms. The van der Waals surface area contributed by atoms with Crippen LogP contribution in [0.4, 0.5) is 16.2 Å². The second kappa shape index (κ2) is 10.2. The molecule has 1 atom stereocenters. The number of carbonyl (C=O) groups is 2. The zero-order valence-corrected chi connectivity index (χ0v) is 19.9. The summed E-state index contributed by atoms with van der Waals surface area (Å²) in [6.45, 7) is 3.10. The SMILES string of the molecule is COc1ccc(NC(=O)c2nnc(C3CCCN(C(=O)Nc4ccc(C)cc4Cl)C3)s2)cc1. The smallest absolute Gasteiger partial charge is 0.321 e. The molecular weight excluding hydrogens is 462 g/mol. The van der Waals surface area contributed by atoms with Crippen LogP contribution in [0.1, 0.15) is 39.1 Å². The van der Waals surface area contributed by atoms with E-state index in [-0.39, 0.29) is 22.9 Å². The van der Waals surface area contributed by atoms with Crippen molar-refractivity contribution >= 4 is 46.3 Å². The van der Waals surface area contributed by atoms with E-state index in [1.807, 2.05) is 19.1 Å². The van der Waals surface area contributed by atoms with Gasteiger partial charge in [-0.3, -0.25) is 4.79 Å². The van der Waals surface area contributed by atoms with Crippen molar-refractivity contribution in [2.24, 2.45) is 0 Å². The molecule has 0 saturated carbocycles. The van der Waals surface area contributed by atoms with Crippen molar-refractivity contribution in [3.05, 3.63) is 63.1 Å². The topological polar surface area (TPSA) is 96.4 Å². The second-order valence-electron chi connectivity index (χ2n) is 7.83. The molecule has 0 radical (unpaired) electrons. The van der Waals surface area contributed by atoms with Crippen molar-refractivity contribution in [3.63, 3.8) is 0 Å². The maximum absolute atomic E-state index is 12.8. The van der Waals surface area contributed by atoms with Gasteiger partial charge in [-0.15, -0.1) is 10.2 Å². The number of aryl methyl sites for hydroxylation is 1. The van der Waals surface area contributed by atoms with Crippen LogP contribution in [0.5, 0.6) is 5.75 Å². The lowest BCUT2D eigenvalue weighted by Crippen LogP contribution is -2.41. The molecule has 1 aromatic heterocycles. The number of benzene rings is 2. The van der Waals surface area contributed by atoms with Gasteiger partial charge in [-0.2, -0.15) is 0 Å². The first kappa shape index (κ1) is 23.0. The third-order valence-corrected chi connectivity index (χ3v) is 6.80. The molecule has 10 heteroatoms. The molecule has 2 aromatic carbocycles. The van der Waals surface area contributed by atoms with Crippen LogP contribution < -0.4 is 15.4 Å². The van der Waals surface area contributed by atoms with E-state index in [4.69, 9.17) is 16.3 Å². The van der Waals surface area contributed by atoms with Crippen LogP contribution in [0.15, 0.2) is 42.5 Å². The highest BCUT2D eigenvalue weighted by Gasteiger charge is 2.28. The summed E-state index contributed by atoms with van der Waals surface area (Å²) in [5.41, 5.74) is 2.26. The molecule has 2 heterocycles. The first-order chi connectivity index (χ1) is 15.9. The zero-order chi connectivity index (χ0) is 23.4. The highest BCUT2D eigenvalue weighted by molar-refractivity contribution is 7.13. The Balaban J connectivity index is 1.38. The Kier molecular flexibility index (Phi) is 7.10. The molecule has 3 amide bonds. The van der Waals surface area contributed by atoms with E-state index in [1.54, 1.807) is 42.3 Å². The molecule has 3 aromatic rings. The Morgan fingerprint density at radius 1 is 1.15 bits per heavy atom. The molecule has 4 rings (SSSR count). The van der Waals surface area contributed by atoms with E-state index in [0.29, 0.717) is 35.2 Å². The molecule has 1 aliphatic heterocycles. The Hall–Kier alpha value is -3.17. The number of amides is 3. The summed E-state index contributed by atoms with van der Waals surface area (Å²) in [6.07, 6.45) is 1.72. The van der Waals surface area contributed by atoms with Crippen molar-refractivity contribution < 1.29 is 14.3 Å². The quantitative estimate of drug-likeness (QED) is 0.519. The van der Waals surface area contributed by atoms with Crippen LogP contribution in [0.3, 0.4) is 0 Å². The van der Waals surface area contributed by atoms with Gasteiger partial charge in [-0.25, -0.2) is 4.79 Å². The number of nitrogens with zero attached hydrogens (tertiary/aromatic N) is 3. The van der Waals surface area contributed by atoms with Crippen LogP contribution in [0.25, 0.3) is 0 Å². The minimum absolute atomic E-state index is 0.0260. The van der Waals surface area contributed by atoms with Crippen molar-refractivity contribution in [2.45, 2.75) is 25.7 Å². The van der Waals surface area contributed by atoms with Crippen LogP contribution >= 0.6 is 22.9 Å². The molecule has 0 spiro atoms. The molecule has 1 unspecified atom stereocenters. The van der Waals surface area contributed by atoms with Gasteiger partial charge in [0, 0.05) is 24.7 Å². The third kappa shape index (κ3) is 5.61. The number of nitrogens with one attached hydrogen (secondary N) is 2. The van der Waals surface area contributed by atoms with Crippen LogP contribution in [0.2, 0.25) is 5.02 Å². The van der Waals surface area contributed by atoms with E-state index in [2.05, 4.69) is 20.8 Å². The maximum atomic E-state index is 12.8. The van der Waals surface area contributed by atoms with Gasteiger partial charge in [-0.1, -0.05) is 29.0 Å². The summed E-state index contributed by atoms with van der Waals surface area (Å²) in [4.78, 5) is 27.1. The first-order valence-electron chi connectivity index (χ1n) is 10.5. The minimum Gasteiger partial charge on any atom is -0.497 e. The lowest BCUT2D eigenvalue weighted by Gasteiger charge is -2.31. The molecule has 0 bridgehead atoms. The van der Waals surface area contributed by atoms with Crippen LogP contribution in [-0.4, -0.2) is 47.2 Å². The monoisotopic (exact) mass is 485 g/mol. The highest BCUT2D eigenvalue weighted by Crippen LogP contribution is 2.30. The Morgan fingerprint density at radius 2 is 1.94 bits per heavy atom. The number of hydrogen-bond donors (Lipinski definition) is 2. The van der Waals surface area contributed by atoms with E-state index in [1.165, 1.54) is 11.3 Å². The minimum atomic E-state index is -0.316. The summed E-state index contributed by atoms with van der Waals surface area (Å²) in [7, 11) is 1.59. The molecule has 1 aliphatic rings. The summed E-state index contributed by atoms with van der Waals surface area (Å²) >= 11 is 7.51. The number of hydrogen-bond acceptors (Lipinski definition) is 6. The molecular formula is C23H24ClN5O3S. The van der Waals surface area contributed by atoms with Crippen LogP contribution in [-0.2, 0) is 0 Å². The average Bonchev–Trinajstić information content (AvgIpc) is 3.32. The zero-order valence-electron chi connectivity index (χ0n) is 18.3. The van der Waals surface area contributed by atoms with E-state index < -0.39 is 0 Å². The Bertz CT molecular complexity index is 1150. The fraction of sp³-hybridized carbons (Fsp3) is 0.304. The number of carbonyl (C=O) groups excluding carboxylic acids is 2. The average molecular weight is 486 g/mol. The summed E-state index contributed by atoms with van der Waals surface area (Å²) in [6, 6.07) is 12.4. The van der Waals surface area contributed by atoms with Crippen molar-refractivity contribution in [1.29, 1.82) is 0 Å². The van der Waals surface area contributed by atoms with E-state index in [9.17, 15) is 9.59 Å². The number of aromatic nitrogens is 2. The van der Waals surface area contributed by atoms with Gasteiger partial charge in [0.25, 0.3) is 5.91 Å². The first-order valence-corrected chi connectivity index (χ1v) is 11.7. The van der Waals surface area contributed by atoms with Gasteiger partial charge in [0.2, 0.25) is 5.01 Å². The lowest BCUT2D eigenvalue weighted by atomic mass is 9.99. The maximum Gasteiger partial charge on any atom is 0.321 e. The molecule has 1 saturated heterocycles. The molecule has 1 fully saturated rings. The number of piperidine rings is 1. The van der Waals surface area contributed by atoms with Crippen molar-refractivity contribution in [3.8, 4) is 5.75 Å². The van der Waals surface area contributed by atoms with Crippen molar-refractivity contribution in [2.75, 3.05) is 30.8 Å². The number of urea groups is 1. The number of methoxy groups -OCH3 is 1. The summed E-state index contributed by atoms with van der Waals surface area (Å²) in [5, 5.41) is 15.6. The molecule has 8 nitrogen and oxygen atoms in total. The number of ether oxygens (including phenoxy) is 1. The van der Waals surface area contributed by atoms with E-state index >= 15 is 0 Å². The van der Waals surface area contributed by atoms with Crippen LogP contribution in [0, 0.1) is 6.92 Å².